The second kappa shape index (κ2) is 2.46. The highest BCUT2D eigenvalue weighted by Crippen LogP contribution is 2.06. The summed E-state index contributed by atoms with van der Waals surface area (Å²) in [5.74, 6) is 0. The lowest BCUT2D eigenvalue weighted by atomic mass is 10.2. The molecule has 0 aromatic carbocycles. The van der Waals surface area contributed by atoms with Crippen molar-refractivity contribution in [2.45, 2.75) is 6.61 Å². The van der Waals surface area contributed by atoms with E-state index in [4.69, 9.17) is 5.11 Å². The molecule has 0 spiro atoms. The van der Waals surface area contributed by atoms with Crippen molar-refractivity contribution < 1.29 is 14.3 Å². The zero-order valence-corrected chi connectivity index (χ0v) is 4.70. The molecule has 0 saturated carbocycles. The summed E-state index contributed by atoms with van der Waals surface area (Å²) in [7, 11) is 0. The predicted molar refractivity (Wildman–Crippen MR) is 30.0 cm³/mol. The number of furan rings is 1. The number of aldehydes is 1. The van der Waals surface area contributed by atoms with Gasteiger partial charge in [-0.2, -0.15) is 0 Å². The molecule has 48 valence electrons. The SMILES string of the molecule is O=Cc1cocc1CO. The summed E-state index contributed by atoms with van der Waals surface area (Å²) < 4.78 is 4.64. The standard InChI is InChI=1S/C6H6O3/c7-1-5-3-9-4-6(5)2-8/h1,3-4,8H,2H2. The van der Waals surface area contributed by atoms with Crippen molar-refractivity contribution in [3.63, 3.8) is 0 Å². The average Bonchev–Trinajstić information content (AvgIpc) is 2.33. The van der Waals surface area contributed by atoms with E-state index in [1.54, 1.807) is 0 Å². The molecule has 3 nitrogen and oxygen atoms in total. The van der Waals surface area contributed by atoms with Crippen molar-refractivity contribution in [3.05, 3.63) is 23.7 Å². The lowest BCUT2D eigenvalue weighted by Crippen LogP contribution is -1.84. The number of hydrogen-bond acceptors (Lipinski definition) is 3. The van der Waals surface area contributed by atoms with Crippen LogP contribution < -0.4 is 0 Å². The Labute approximate surface area is 51.9 Å². The molecule has 9 heavy (non-hydrogen) atoms. The van der Waals surface area contributed by atoms with Gasteiger partial charge in [0.05, 0.1) is 18.4 Å². The van der Waals surface area contributed by atoms with Crippen LogP contribution in [0, 0.1) is 0 Å². The molecule has 0 aliphatic heterocycles. The fourth-order valence-electron chi connectivity index (χ4n) is 0.565. The van der Waals surface area contributed by atoms with E-state index in [1.807, 2.05) is 0 Å². The Morgan fingerprint density at radius 3 is 2.89 bits per heavy atom. The predicted octanol–water partition coefficient (Wildman–Crippen LogP) is 0.584. The number of rotatable bonds is 2. The Morgan fingerprint density at radius 1 is 1.67 bits per heavy atom. The first-order chi connectivity index (χ1) is 4.38. The molecule has 0 radical (unpaired) electrons. The minimum atomic E-state index is -0.148. The highest BCUT2D eigenvalue weighted by molar-refractivity contribution is 5.76. The zero-order chi connectivity index (χ0) is 6.69. The first-order valence-electron chi connectivity index (χ1n) is 2.49. The van der Waals surface area contributed by atoms with Gasteiger partial charge in [-0.25, -0.2) is 0 Å². The topological polar surface area (TPSA) is 50.4 Å². The minimum absolute atomic E-state index is 0.148. The van der Waals surface area contributed by atoms with Crippen molar-refractivity contribution in [1.29, 1.82) is 0 Å². The molecule has 1 aromatic heterocycles. The summed E-state index contributed by atoms with van der Waals surface area (Å²) in [6.45, 7) is -0.148. The number of carbonyl (C=O) groups is 1. The van der Waals surface area contributed by atoms with Gasteiger partial charge in [0.25, 0.3) is 0 Å². The summed E-state index contributed by atoms with van der Waals surface area (Å²) in [5, 5.41) is 8.52. The van der Waals surface area contributed by atoms with Crippen LogP contribution in [0.2, 0.25) is 0 Å². The van der Waals surface area contributed by atoms with Crippen molar-refractivity contribution >= 4 is 6.29 Å². The monoisotopic (exact) mass is 126 g/mol. The third kappa shape index (κ3) is 1.000. The third-order valence-electron chi connectivity index (χ3n) is 1.07. The molecule has 0 aliphatic rings. The molecule has 0 saturated heterocycles. The Morgan fingerprint density at radius 2 is 2.44 bits per heavy atom. The second-order valence-corrected chi connectivity index (χ2v) is 1.63. The van der Waals surface area contributed by atoms with Gasteiger partial charge in [0.15, 0.2) is 6.29 Å². The lowest BCUT2D eigenvalue weighted by molar-refractivity contribution is 0.112. The van der Waals surface area contributed by atoms with Crippen LogP contribution in [0.1, 0.15) is 15.9 Å². The molecule has 0 amide bonds. The fourth-order valence-corrected chi connectivity index (χ4v) is 0.565. The summed E-state index contributed by atoms with van der Waals surface area (Å²) in [5.41, 5.74) is 0.947. The second-order valence-electron chi connectivity index (χ2n) is 1.63. The maximum atomic E-state index is 10.1. The molecular formula is C6H6O3. The Bertz CT molecular complexity index is 202. The van der Waals surface area contributed by atoms with Crippen LogP contribution in [0.25, 0.3) is 0 Å². The Hall–Kier alpha value is -1.09. The molecule has 0 fully saturated rings. The minimum Gasteiger partial charge on any atom is -0.471 e. The van der Waals surface area contributed by atoms with Gasteiger partial charge in [-0.3, -0.25) is 4.79 Å². The summed E-state index contributed by atoms with van der Waals surface area (Å²) >= 11 is 0. The molecule has 0 unspecified atom stereocenters. The van der Waals surface area contributed by atoms with Gasteiger partial charge in [-0.1, -0.05) is 0 Å². The van der Waals surface area contributed by atoms with E-state index in [0.717, 1.165) is 0 Å². The van der Waals surface area contributed by atoms with Crippen LogP contribution >= 0.6 is 0 Å². The van der Waals surface area contributed by atoms with Gasteiger partial charge in [-0.05, 0) is 0 Å². The first kappa shape index (κ1) is 6.04. The lowest BCUT2D eigenvalue weighted by Gasteiger charge is -1.84. The molecule has 1 aromatic rings. The Balaban J connectivity index is 2.98. The van der Waals surface area contributed by atoms with Crippen LogP contribution in [-0.2, 0) is 6.61 Å². The zero-order valence-electron chi connectivity index (χ0n) is 4.70. The number of hydrogen-bond donors (Lipinski definition) is 1. The van der Waals surface area contributed by atoms with Gasteiger partial charge in [0, 0.05) is 5.56 Å². The van der Waals surface area contributed by atoms with E-state index in [0.29, 0.717) is 17.4 Å². The van der Waals surface area contributed by atoms with Crippen LogP contribution in [0.15, 0.2) is 16.9 Å². The first-order valence-corrected chi connectivity index (χ1v) is 2.49. The average molecular weight is 126 g/mol. The van der Waals surface area contributed by atoms with E-state index >= 15 is 0 Å². The van der Waals surface area contributed by atoms with E-state index in [2.05, 4.69) is 4.42 Å². The molecule has 0 aliphatic carbocycles. The summed E-state index contributed by atoms with van der Waals surface area (Å²) in [6.07, 6.45) is 3.30. The quantitative estimate of drug-likeness (QED) is 0.590. The van der Waals surface area contributed by atoms with Crippen molar-refractivity contribution in [2.24, 2.45) is 0 Å². The molecule has 3 heteroatoms. The molecule has 1 rings (SSSR count). The van der Waals surface area contributed by atoms with Crippen LogP contribution in [0.5, 0.6) is 0 Å². The van der Waals surface area contributed by atoms with Crippen LogP contribution in [0.3, 0.4) is 0 Å². The molecule has 1 N–H and O–H groups in total. The van der Waals surface area contributed by atoms with Gasteiger partial charge in [-0.15, -0.1) is 0 Å². The molecule has 1 heterocycles. The number of aliphatic hydroxyl groups excluding tert-OH is 1. The largest absolute Gasteiger partial charge is 0.471 e. The van der Waals surface area contributed by atoms with E-state index in [9.17, 15) is 4.79 Å². The molecular weight excluding hydrogens is 120 g/mol. The molecule has 0 atom stereocenters. The maximum absolute atomic E-state index is 10.1. The normalized spacial score (nSPS) is 9.44. The van der Waals surface area contributed by atoms with Crippen LogP contribution in [-0.4, -0.2) is 11.4 Å². The van der Waals surface area contributed by atoms with Gasteiger partial charge < -0.3 is 9.52 Å². The van der Waals surface area contributed by atoms with Crippen LogP contribution in [0.4, 0.5) is 0 Å². The van der Waals surface area contributed by atoms with Crippen molar-refractivity contribution in [2.75, 3.05) is 0 Å². The third-order valence-corrected chi connectivity index (χ3v) is 1.07. The maximum Gasteiger partial charge on any atom is 0.153 e. The smallest absolute Gasteiger partial charge is 0.153 e. The highest BCUT2D eigenvalue weighted by atomic mass is 16.3. The number of aliphatic hydroxyl groups is 1. The van der Waals surface area contributed by atoms with Gasteiger partial charge in [0.1, 0.15) is 6.26 Å². The molecule has 0 bridgehead atoms. The van der Waals surface area contributed by atoms with E-state index in [1.165, 1.54) is 12.5 Å². The summed E-state index contributed by atoms with van der Waals surface area (Å²) in [4.78, 5) is 10.1. The van der Waals surface area contributed by atoms with Crippen molar-refractivity contribution in [1.82, 2.24) is 0 Å². The highest BCUT2D eigenvalue weighted by Gasteiger charge is 2.00. The van der Waals surface area contributed by atoms with E-state index < -0.39 is 0 Å². The Kier molecular flexibility index (Phi) is 1.65. The fraction of sp³-hybridized carbons (Fsp3) is 0.167. The van der Waals surface area contributed by atoms with Crippen molar-refractivity contribution in [3.8, 4) is 0 Å². The summed E-state index contributed by atoms with van der Waals surface area (Å²) in [6, 6.07) is 0. The van der Waals surface area contributed by atoms with Gasteiger partial charge in [0.2, 0.25) is 0 Å². The number of carbonyl (C=O) groups excluding carboxylic acids is 1. The van der Waals surface area contributed by atoms with Gasteiger partial charge >= 0.3 is 0 Å². The van der Waals surface area contributed by atoms with E-state index in [-0.39, 0.29) is 6.61 Å².